The van der Waals surface area contributed by atoms with Crippen molar-refractivity contribution in [2.75, 3.05) is 6.61 Å². The number of benzene rings is 1. The molecule has 1 rings (SSSR count). The Balaban J connectivity index is 2.63. The molecule has 3 heteroatoms. The average molecular weight is 262 g/mol. The molecule has 0 bridgehead atoms. The summed E-state index contributed by atoms with van der Waals surface area (Å²) in [6, 6.07) is 5.80. The minimum absolute atomic E-state index is 0.678. The summed E-state index contributed by atoms with van der Waals surface area (Å²) in [6.45, 7) is 4.83. The van der Waals surface area contributed by atoms with Crippen molar-refractivity contribution in [1.82, 2.24) is 0 Å². The molecule has 0 atom stereocenters. The fourth-order valence-electron chi connectivity index (χ4n) is 1.80. The standard InChI is InChI=1S/C16H22O3/c1-3-4-5-6-11-19-15-9-7-13(2)12-14(15)8-10-16(17)18/h7-10,12H,3-6,11H2,1-2H3,(H,17,18). The molecule has 0 heterocycles. The molecule has 0 saturated carbocycles. The molecule has 3 nitrogen and oxygen atoms in total. The summed E-state index contributed by atoms with van der Waals surface area (Å²) < 4.78 is 5.73. The first kappa shape index (κ1) is 15.3. The number of ether oxygens (including phenoxy) is 1. The van der Waals surface area contributed by atoms with E-state index >= 15 is 0 Å². The monoisotopic (exact) mass is 262 g/mol. The molecule has 0 radical (unpaired) electrons. The van der Waals surface area contributed by atoms with Gasteiger partial charge in [0.15, 0.2) is 0 Å². The zero-order valence-electron chi connectivity index (χ0n) is 11.7. The van der Waals surface area contributed by atoms with E-state index in [9.17, 15) is 4.79 Å². The molecule has 0 amide bonds. The van der Waals surface area contributed by atoms with Crippen molar-refractivity contribution in [3.8, 4) is 5.75 Å². The molecule has 19 heavy (non-hydrogen) atoms. The molecule has 0 spiro atoms. The predicted molar refractivity (Wildman–Crippen MR) is 77.5 cm³/mol. The molecule has 0 aliphatic carbocycles. The zero-order valence-corrected chi connectivity index (χ0v) is 11.7. The molecule has 0 aliphatic heterocycles. The molecular formula is C16H22O3. The van der Waals surface area contributed by atoms with Crippen LogP contribution >= 0.6 is 0 Å². The number of aryl methyl sites for hydroxylation is 1. The first-order valence-corrected chi connectivity index (χ1v) is 6.78. The van der Waals surface area contributed by atoms with Gasteiger partial charge in [-0.1, -0.05) is 37.8 Å². The van der Waals surface area contributed by atoms with Crippen molar-refractivity contribution in [3.05, 3.63) is 35.4 Å². The van der Waals surface area contributed by atoms with Gasteiger partial charge in [0.1, 0.15) is 5.75 Å². The lowest BCUT2D eigenvalue weighted by atomic mass is 10.1. The Kier molecular flexibility index (Phi) is 6.72. The Morgan fingerprint density at radius 3 is 2.79 bits per heavy atom. The van der Waals surface area contributed by atoms with Crippen LogP contribution < -0.4 is 4.74 Å². The van der Waals surface area contributed by atoms with E-state index in [1.807, 2.05) is 25.1 Å². The van der Waals surface area contributed by atoms with Crippen molar-refractivity contribution < 1.29 is 14.6 Å². The van der Waals surface area contributed by atoms with E-state index in [4.69, 9.17) is 9.84 Å². The van der Waals surface area contributed by atoms with E-state index < -0.39 is 5.97 Å². The van der Waals surface area contributed by atoms with Crippen LogP contribution in [0, 0.1) is 6.92 Å². The maximum Gasteiger partial charge on any atom is 0.328 e. The van der Waals surface area contributed by atoms with Crippen LogP contribution in [0.5, 0.6) is 5.75 Å². The van der Waals surface area contributed by atoms with Gasteiger partial charge < -0.3 is 9.84 Å². The molecule has 0 fully saturated rings. The molecule has 0 saturated heterocycles. The van der Waals surface area contributed by atoms with Crippen molar-refractivity contribution in [2.24, 2.45) is 0 Å². The van der Waals surface area contributed by atoms with E-state index in [0.29, 0.717) is 6.61 Å². The summed E-state index contributed by atoms with van der Waals surface area (Å²) in [5.74, 6) is -0.199. The maximum atomic E-state index is 10.6. The summed E-state index contributed by atoms with van der Waals surface area (Å²) >= 11 is 0. The lowest BCUT2D eigenvalue weighted by Gasteiger charge is -2.10. The number of rotatable bonds is 8. The van der Waals surface area contributed by atoms with Gasteiger partial charge in [0, 0.05) is 11.6 Å². The summed E-state index contributed by atoms with van der Waals surface area (Å²) in [5.41, 5.74) is 1.90. The van der Waals surface area contributed by atoms with Crippen molar-refractivity contribution in [1.29, 1.82) is 0 Å². The summed E-state index contributed by atoms with van der Waals surface area (Å²) in [5, 5.41) is 8.68. The second kappa shape index (κ2) is 8.35. The van der Waals surface area contributed by atoms with Gasteiger partial charge in [-0.05, 0) is 31.6 Å². The lowest BCUT2D eigenvalue weighted by Crippen LogP contribution is -1.99. The van der Waals surface area contributed by atoms with E-state index in [1.54, 1.807) is 6.08 Å². The van der Waals surface area contributed by atoms with Gasteiger partial charge in [-0.3, -0.25) is 0 Å². The average Bonchev–Trinajstić information content (AvgIpc) is 2.38. The Morgan fingerprint density at radius 2 is 2.11 bits per heavy atom. The number of hydrogen-bond donors (Lipinski definition) is 1. The van der Waals surface area contributed by atoms with Gasteiger partial charge in [0.05, 0.1) is 6.61 Å². The lowest BCUT2D eigenvalue weighted by molar-refractivity contribution is -0.131. The molecule has 1 N–H and O–H groups in total. The highest BCUT2D eigenvalue weighted by Crippen LogP contribution is 2.22. The Labute approximate surface area is 114 Å². The molecule has 1 aromatic rings. The van der Waals surface area contributed by atoms with Gasteiger partial charge in [-0.15, -0.1) is 0 Å². The largest absolute Gasteiger partial charge is 0.493 e. The van der Waals surface area contributed by atoms with Crippen LogP contribution in [0.4, 0.5) is 0 Å². The van der Waals surface area contributed by atoms with Gasteiger partial charge in [-0.2, -0.15) is 0 Å². The quantitative estimate of drug-likeness (QED) is 0.568. The SMILES string of the molecule is CCCCCCOc1ccc(C)cc1C=CC(=O)O. The van der Waals surface area contributed by atoms with Crippen LogP contribution in [0.2, 0.25) is 0 Å². The minimum Gasteiger partial charge on any atom is -0.493 e. The number of unbranched alkanes of at least 4 members (excludes halogenated alkanes) is 3. The number of aliphatic carboxylic acids is 1. The van der Waals surface area contributed by atoms with Gasteiger partial charge >= 0.3 is 5.97 Å². The van der Waals surface area contributed by atoms with Gasteiger partial charge in [0.25, 0.3) is 0 Å². The van der Waals surface area contributed by atoms with Crippen LogP contribution in [0.1, 0.15) is 43.7 Å². The Morgan fingerprint density at radius 1 is 1.32 bits per heavy atom. The molecule has 0 aromatic heterocycles. The normalized spacial score (nSPS) is 10.8. The number of carboxylic acids is 1. The van der Waals surface area contributed by atoms with Crippen molar-refractivity contribution in [3.63, 3.8) is 0 Å². The van der Waals surface area contributed by atoms with Crippen LogP contribution in [-0.2, 0) is 4.79 Å². The second-order valence-corrected chi connectivity index (χ2v) is 4.62. The first-order valence-electron chi connectivity index (χ1n) is 6.78. The van der Waals surface area contributed by atoms with E-state index in [1.165, 1.54) is 19.3 Å². The predicted octanol–water partition coefficient (Wildman–Crippen LogP) is 4.05. The van der Waals surface area contributed by atoms with Gasteiger partial charge in [-0.25, -0.2) is 4.79 Å². The third kappa shape index (κ3) is 6.09. The van der Waals surface area contributed by atoms with Crippen molar-refractivity contribution >= 4 is 12.0 Å². The summed E-state index contributed by atoms with van der Waals surface area (Å²) in [6.07, 6.45) is 7.35. The molecular weight excluding hydrogens is 240 g/mol. The number of carboxylic acid groups (broad SMARTS) is 1. The third-order valence-electron chi connectivity index (χ3n) is 2.83. The van der Waals surface area contributed by atoms with E-state index in [2.05, 4.69) is 6.92 Å². The minimum atomic E-state index is -0.949. The van der Waals surface area contributed by atoms with Crippen molar-refractivity contribution in [2.45, 2.75) is 39.5 Å². The Hall–Kier alpha value is -1.77. The van der Waals surface area contributed by atoms with E-state index in [0.717, 1.165) is 29.4 Å². The van der Waals surface area contributed by atoms with Crippen LogP contribution in [0.3, 0.4) is 0 Å². The highest BCUT2D eigenvalue weighted by Gasteiger charge is 2.02. The van der Waals surface area contributed by atoms with Crippen LogP contribution in [-0.4, -0.2) is 17.7 Å². The van der Waals surface area contributed by atoms with E-state index in [-0.39, 0.29) is 0 Å². The first-order chi connectivity index (χ1) is 9.13. The van der Waals surface area contributed by atoms with Crippen LogP contribution in [0.15, 0.2) is 24.3 Å². The summed E-state index contributed by atoms with van der Waals surface area (Å²) in [7, 11) is 0. The number of hydrogen-bond acceptors (Lipinski definition) is 2. The molecule has 0 aliphatic rings. The van der Waals surface area contributed by atoms with Gasteiger partial charge in [0.2, 0.25) is 0 Å². The molecule has 104 valence electrons. The maximum absolute atomic E-state index is 10.6. The Bertz CT molecular complexity index is 436. The smallest absolute Gasteiger partial charge is 0.328 e. The van der Waals surface area contributed by atoms with Crippen LogP contribution in [0.25, 0.3) is 6.08 Å². The highest BCUT2D eigenvalue weighted by atomic mass is 16.5. The highest BCUT2D eigenvalue weighted by molar-refractivity contribution is 5.85. The molecule has 0 unspecified atom stereocenters. The fourth-order valence-corrected chi connectivity index (χ4v) is 1.80. The third-order valence-corrected chi connectivity index (χ3v) is 2.83. The number of carbonyl (C=O) groups is 1. The topological polar surface area (TPSA) is 46.5 Å². The zero-order chi connectivity index (χ0) is 14.1. The second-order valence-electron chi connectivity index (χ2n) is 4.62. The summed E-state index contributed by atoms with van der Waals surface area (Å²) in [4.78, 5) is 10.6. The fraction of sp³-hybridized carbons (Fsp3) is 0.438. The molecule has 1 aromatic carbocycles.